The van der Waals surface area contributed by atoms with Gasteiger partial charge in [0.25, 0.3) is 0 Å². The van der Waals surface area contributed by atoms with Gasteiger partial charge in [0.05, 0.1) is 12.6 Å². The Kier molecular flexibility index (Phi) is 1.78. The Morgan fingerprint density at radius 1 is 1.40 bits per heavy atom. The molecule has 0 unspecified atom stereocenters. The molecule has 77 valence electrons. The second kappa shape index (κ2) is 3.02. The van der Waals surface area contributed by atoms with Crippen molar-refractivity contribution in [3.05, 3.63) is 29.5 Å². The van der Waals surface area contributed by atoms with Crippen LogP contribution >= 0.6 is 0 Å². The van der Waals surface area contributed by atoms with Crippen LogP contribution in [0.1, 0.15) is 30.0 Å². The Morgan fingerprint density at radius 2 is 2.20 bits per heavy atom. The average Bonchev–Trinajstić information content (AvgIpc) is 3.04. The largest absolute Gasteiger partial charge is 0.496 e. The van der Waals surface area contributed by atoms with Crippen LogP contribution in [0.4, 0.5) is 0 Å². The predicted octanol–water partition coefficient (Wildman–Crippen LogP) is 3.16. The molecule has 1 aromatic heterocycles. The van der Waals surface area contributed by atoms with Gasteiger partial charge in [-0.25, -0.2) is 0 Å². The molecule has 0 spiro atoms. The molecule has 1 aromatic carbocycles. The SMILES string of the molecule is COc1c[c]cc2[nH]c(C3CC3)c(C)c12. The number of aryl methyl sites for hydroxylation is 1. The van der Waals surface area contributed by atoms with Crippen molar-refractivity contribution in [2.24, 2.45) is 0 Å². The van der Waals surface area contributed by atoms with Crippen molar-refractivity contribution in [1.29, 1.82) is 0 Å². The maximum atomic E-state index is 5.37. The Labute approximate surface area is 89.3 Å². The van der Waals surface area contributed by atoms with Gasteiger partial charge in [-0.1, -0.05) is 0 Å². The van der Waals surface area contributed by atoms with Crippen LogP contribution < -0.4 is 4.74 Å². The topological polar surface area (TPSA) is 25.0 Å². The molecule has 1 radical (unpaired) electrons. The van der Waals surface area contributed by atoms with Crippen molar-refractivity contribution in [3.63, 3.8) is 0 Å². The molecular weight excluding hydrogens is 186 g/mol. The first-order chi connectivity index (χ1) is 7.31. The molecule has 0 aliphatic heterocycles. The lowest BCUT2D eigenvalue weighted by atomic mass is 10.1. The minimum absolute atomic E-state index is 0.752. The van der Waals surface area contributed by atoms with Gasteiger partial charge in [0.2, 0.25) is 0 Å². The number of nitrogens with one attached hydrogen (secondary N) is 1. The Balaban J connectivity index is 2.29. The summed E-state index contributed by atoms with van der Waals surface area (Å²) in [6.45, 7) is 2.18. The van der Waals surface area contributed by atoms with Crippen LogP contribution in [0.2, 0.25) is 0 Å². The summed E-state index contributed by atoms with van der Waals surface area (Å²) in [6, 6.07) is 7.00. The number of ether oxygens (including phenoxy) is 1. The van der Waals surface area contributed by atoms with Gasteiger partial charge in [-0.2, -0.15) is 0 Å². The number of aromatic amines is 1. The fourth-order valence-corrected chi connectivity index (χ4v) is 2.28. The van der Waals surface area contributed by atoms with Crippen LogP contribution in [0.5, 0.6) is 5.75 Å². The average molecular weight is 200 g/mol. The zero-order valence-electron chi connectivity index (χ0n) is 9.05. The van der Waals surface area contributed by atoms with Crippen molar-refractivity contribution < 1.29 is 4.74 Å². The summed E-state index contributed by atoms with van der Waals surface area (Å²) in [5.74, 6) is 1.68. The molecule has 1 heterocycles. The molecule has 1 N–H and O–H groups in total. The molecule has 0 atom stereocenters. The summed E-state index contributed by atoms with van der Waals surface area (Å²) >= 11 is 0. The van der Waals surface area contributed by atoms with Crippen molar-refractivity contribution in [1.82, 2.24) is 4.98 Å². The van der Waals surface area contributed by atoms with Crippen LogP contribution in [-0.2, 0) is 0 Å². The van der Waals surface area contributed by atoms with E-state index in [1.165, 1.54) is 29.5 Å². The Bertz CT molecular complexity index is 508. The van der Waals surface area contributed by atoms with E-state index in [1.54, 1.807) is 7.11 Å². The smallest absolute Gasteiger partial charge is 0.129 e. The quantitative estimate of drug-likeness (QED) is 0.791. The van der Waals surface area contributed by atoms with Gasteiger partial charge in [-0.05, 0) is 49.4 Å². The highest BCUT2D eigenvalue weighted by Gasteiger charge is 2.28. The van der Waals surface area contributed by atoms with E-state index in [1.807, 2.05) is 12.1 Å². The third-order valence-corrected chi connectivity index (χ3v) is 3.21. The van der Waals surface area contributed by atoms with E-state index < -0.39 is 0 Å². The van der Waals surface area contributed by atoms with Gasteiger partial charge in [-0.15, -0.1) is 0 Å². The van der Waals surface area contributed by atoms with Crippen LogP contribution in [0, 0.1) is 13.0 Å². The second-order valence-corrected chi connectivity index (χ2v) is 4.25. The van der Waals surface area contributed by atoms with Gasteiger partial charge in [0.1, 0.15) is 5.75 Å². The Hall–Kier alpha value is -1.44. The highest BCUT2D eigenvalue weighted by atomic mass is 16.5. The number of methoxy groups -OCH3 is 1. The molecule has 3 rings (SSSR count). The van der Waals surface area contributed by atoms with Crippen LogP contribution in [0.25, 0.3) is 10.9 Å². The van der Waals surface area contributed by atoms with Crippen LogP contribution in [0.15, 0.2) is 12.1 Å². The highest BCUT2D eigenvalue weighted by molar-refractivity contribution is 5.90. The van der Waals surface area contributed by atoms with Gasteiger partial charge in [-0.3, -0.25) is 0 Å². The fraction of sp³-hybridized carbons (Fsp3) is 0.385. The number of hydrogen-bond acceptors (Lipinski definition) is 1. The molecule has 1 aliphatic carbocycles. The fourth-order valence-electron chi connectivity index (χ4n) is 2.28. The number of H-pyrrole nitrogens is 1. The second-order valence-electron chi connectivity index (χ2n) is 4.25. The summed E-state index contributed by atoms with van der Waals surface area (Å²) in [5, 5.41) is 1.22. The molecule has 15 heavy (non-hydrogen) atoms. The predicted molar refractivity (Wildman–Crippen MR) is 60.4 cm³/mol. The van der Waals surface area contributed by atoms with E-state index in [4.69, 9.17) is 4.74 Å². The number of hydrogen-bond donors (Lipinski definition) is 1. The zero-order chi connectivity index (χ0) is 10.4. The first kappa shape index (κ1) is 8.84. The van der Waals surface area contributed by atoms with Gasteiger partial charge in [0, 0.05) is 11.1 Å². The molecule has 1 aliphatic rings. The number of benzene rings is 1. The number of aromatic nitrogens is 1. The lowest BCUT2D eigenvalue weighted by Crippen LogP contribution is -1.84. The van der Waals surface area contributed by atoms with Crippen LogP contribution in [-0.4, -0.2) is 12.1 Å². The summed E-state index contributed by atoms with van der Waals surface area (Å²) in [4.78, 5) is 3.49. The molecule has 0 bridgehead atoms. The monoisotopic (exact) mass is 200 g/mol. The summed E-state index contributed by atoms with van der Waals surface area (Å²) in [7, 11) is 1.71. The molecule has 0 amide bonds. The molecule has 2 aromatic rings. The maximum absolute atomic E-state index is 5.37. The highest BCUT2D eigenvalue weighted by Crippen LogP contribution is 2.44. The lowest BCUT2D eigenvalue weighted by Gasteiger charge is -2.01. The molecular formula is C13H14NO. The summed E-state index contributed by atoms with van der Waals surface area (Å²) < 4.78 is 5.37. The Morgan fingerprint density at radius 3 is 2.87 bits per heavy atom. The third kappa shape index (κ3) is 1.24. The minimum atomic E-state index is 0.752. The zero-order valence-corrected chi connectivity index (χ0v) is 9.05. The molecule has 1 saturated carbocycles. The van der Waals surface area contributed by atoms with Gasteiger partial charge in [0.15, 0.2) is 0 Å². The maximum Gasteiger partial charge on any atom is 0.129 e. The molecule has 1 fully saturated rings. The van der Waals surface area contributed by atoms with E-state index in [9.17, 15) is 0 Å². The number of fused-ring (bicyclic) bond motifs is 1. The van der Waals surface area contributed by atoms with Gasteiger partial charge < -0.3 is 9.72 Å². The van der Waals surface area contributed by atoms with Crippen molar-refractivity contribution in [2.45, 2.75) is 25.7 Å². The van der Waals surface area contributed by atoms with Crippen molar-refractivity contribution >= 4 is 10.9 Å². The van der Waals surface area contributed by atoms with Gasteiger partial charge >= 0.3 is 0 Å². The standard InChI is InChI=1S/C13H14NO/c1-8-12-10(4-3-5-11(12)15-2)14-13(8)9-6-7-9/h4-5,9,14H,6-7H2,1-2H3. The molecule has 0 saturated heterocycles. The van der Waals surface area contributed by atoms with Crippen molar-refractivity contribution in [3.8, 4) is 5.75 Å². The first-order valence-corrected chi connectivity index (χ1v) is 5.37. The lowest BCUT2D eigenvalue weighted by molar-refractivity contribution is 0.419. The molecule has 2 nitrogen and oxygen atoms in total. The van der Waals surface area contributed by atoms with E-state index in [0.29, 0.717) is 0 Å². The first-order valence-electron chi connectivity index (χ1n) is 5.37. The molecule has 2 heteroatoms. The number of rotatable bonds is 2. The van der Waals surface area contributed by atoms with E-state index >= 15 is 0 Å². The minimum Gasteiger partial charge on any atom is -0.496 e. The normalized spacial score (nSPS) is 15.9. The summed E-state index contributed by atoms with van der Waals surface area (Å²) in [6.07, 6.45) is 2.64. The van der Waals surface area contributed by atoms with E-state index in [-0.39, 0.29) is 0 Å². The van der Waals surface area contributed by atoms with Crippen LogP contribution in [0.3, 0.4) is 0 Å². The van der Waals surface area contributed by atoms with E-state index in [0.717, 1.165) is 17.2 Å². The summed E-state index contributed by atoms with van der Waals surface area (Å²) in [5.41, 5.74) is 3.88. The van der Waals surface area contributed by atoms with Crippen molar-refractivity contribution in [2.75, 3.05) is 7.11 Å². The third-order valence-electron chi connectivity index (χ3n) is 3.21. The van der Waals surface area contributed by atoms with E-state index in [2.05, 4.69) is 18.0 Å².